The van der Waals surface area contributed by atoms with Crippen molar-refractivity contribution < 1.29 is 18.8 Å². The van der Waals surface area contributed by atoms with Crippen molar-refractivity contribution >= 4 is 23.6 Å². The molecule has 1 fully saturated rings. The topological polar surface area (TPSA) is 87.9 Å². The fraction of sp³-hybridized carbons (Fsp3) is 0.450. The molecule has 1 aliphatic heterocycles. The second kappa shape index (κ2) is 10.3. The number of rotatable bonds is 7. The molecule has 1 aromatic heterocycles. The van der Waals surface area contributed by atoms with Crippen molar-refractivity contribution in [3.05, 3.63) is 41.1 Å². The standard InChI is InChI=1S/C20H25ClN4O4/c1-22-19(26)14-28-20(27)25-11-9-24(10-12-25)8-2-3-17-13-18(23-29-17)15-4-6-16(21)7-5-15/h4-7,13H,2-3,8-12,14H2,1H3,(H,22,26). The summed E-state index contributed by atoms with van der Waals surface area (Å²) >= 11 is 5.91. The highest BCUT2D eigenvalue weighted by Gasteiger charge is 2.22. The van der Waals surface area contributed by atoms with E-state index in [0.717, 1.165) is 49.5 Å². The number of hydrogen-bond acceptors (Lipinski definition) is 6. The first kappa shape index (κ1) is 21.1. The summed E-state index contributed by atoms with van der Waals surface area (Å²) in [5.74, 6) is 0.537. The minimum atomic E-state index is -0.440. The molecule has 1 aliphatic rings. The molecule has 2 heterocycles. The van der Waals surface area contributed by atoms with Crippen LogP contribution in [0.15, 0.2) is 34.9 Å². The van der Waals surface area contributed by atoms with Gasteiger partial charge in [0, 0.05) is 56.3 Å². The number of carbonyl (C=O) groups excluding carboxylic acids is 2. The zero-order chi connectivity index (χ0) is 20.6. The van der Waals surface area contributed by atoms with Gasteiger partial charge in [-0.3, -0.25) is 9.69 Å². The molecule has 0 unspecified atom stereocenters. The molecule has 0 radical (unpaired) electrons. The number of amides is 2. The van der Waals surface area contributed by atoms with Crippen LogP contribution in [0.3, 0.4) is 0 Å². The first-order valence-corrected chi connectivity index (χ1v) is 9.99. The Balaban J connectivity index is 1.36. The number of ether oxygens (including phenoxy) is 1. The molecule has 1 saturated heterocycles. The summed E-state index contributed by atoms with van der Waals surface area (Å²) in [5, 5.41) is 7.24. The van der Waals surface area contributed by atoms with E-state index in [2.05, 4.69) is 15.4 Å². The van der Waals surface area contributed by atoms with Crippen LogP contribution >= 0.6 is 11.6 Å². The first-order chi connectivity index (χ1) is 14.0. The number of benzene rings is 1. The van der Waals surface area contributed by atoms with E-state index in [1.165, 1.54) is 7.05 Å². The fourth-order valence-electron chi connectivity index (χ4n) is 3.11. The van der Waals surface area contributed by atoms with E-state index >= 15 is 0 Å². The molecule has 0 saturated carbocycles. The molecule has 9 heteroatoms. The molecule has 2 amide bonds. The van der Waals surface area contributed by atoms with Crippen molar-refractivity contribution in [2.45, 2.75) is 12.8 Å². The summed E-state index contributed by atoms with van der Waals surface area (Å²) < 4.78 is 10.4. The van der Waals surface area contributed by atoms with Gasteiger partial charge in [-0.1, -0.05) is 28.9 Å². The lowest BCUT2D eigenvalue weighted by Gasteiger charge is -2.33. The summed E-state index contributed by atoms with van der Waals surface area (Å²) in [6.07, 6.45) is 1.30. The van der Waals surface area contributed by atoms with Crippen LogP contribution in [0.1, 0.15) is 12.2 Å². The van der Waals surface area contributed by atoms with Crippen LogP contribution in [0.4, 0.5) is 4.79 Å². The number of nitrogens with zero attached hydrogens (tertiary/aromatic N) is 3. The highest BCUT2D eigenvalue weighted by atomic mass is 35.5. The zero-order valence-corrected chi connectivity index (χ0v) is 17.2. The third-order valence-corrected chi connectivity index (χ3v) is 5.08. The van der Waals surface area contributed by atoms with Crippen molar-refractivity contribution in [2.75, 3.05) is 46.4 Å². The average Bonchev–Trinajstić information content (AvgIpc) is 3.21. The number of halogens is 1. The second-order valence-electron chi connectivity index (χ2n) is 6.85. The largest absolute Gasteiger partial charge is 0.439 e. The van der Waals surface area contributed by atoms with Gasteiger partial charge in [-0.25, -0.2) is 4.79 Å². The smallest absolute Gasteiger partial charge is 0.410 e. The molecule has 1 aromatic carbocycles. The molecule has 156 valence electrons. The summed E-state index contributed by atoms with van der Waals surface area (Å²) in [6.45, 7) is 3.41. The van der Waals surface area contributed by atoms with E-state index in [0.29, 0.717) is 18.1 Å². The lowest BCUT2D eigenvalue weighted by atomic mass is 10.1. The molecule has 0 spiro atoms. The second-order valence-corrected chi connectivity index (χ2v) is 7.28. The van der Waals surface area contributed by atoms with Gasteiger partial charge in [-0.2, -0.15) is 0 Å². The summed E-state index contributed by atoms with van der Waals surface area (Å²) in [6, 6.07) is 9.47. The minimum absolute atomic E-state index is 0.245. The van der Waals surface area contributed by atoms with Crippen LogP contribution in [-0.2, 0) is 16.0 Å². The number of hydrogen-bond donors (Lipinski definition) is 1. The number of carbonyl (C=O) groups is 2. The quantitative estimate of drug-likeness (QED) is 0.740. The molecule has 2 aromatic rings. The van der Waals surface area contributed by atoms with Crippen molar-refractivity contribution in [1.82, 2.24) is 20.3 Å². The summed E-state index contributed by atoms with van der Waals surface area (Å²) in [7, 11) is 1.51. The van der Waals surface area contributed by atoms with Crippen molar-refractivity contribution in [3.8, 4) is 11.3 Å². The Hall–Kier alpha value is -2.58. The fourth-order valence-corrected chi connectivity index (χ4v) is 3.24. The van der Waals surface area contributed by atoms with Gasteiger partial charge in [0.1, 0.15) is 11.5 Å². The van der Waals surface area contributed by atoms with Crippen molar-refractivity contribution in [1.29, 1.82) is 0 Å². The van der Waals surface area contributed by atoms with Crippen molar-refractivity contribution in [3.63, 3.8) is 0 Å². The molecule has 0 atom stereocenters. The lowest BCUT2D eigenvalue weighted by molar-refractivity contribution is -0.123. The predicted octanol–water partition coefficient (Wildman–Crippen LogP) is 2.43. The molecule has 0 bridgehead atoms. The number of aromatic nitrogens is 1. The van der Waals surface area contributed by atoms with Gasteiger partial charge in [-0.15, -0.1) is 0 Å². The number of piperazine rings is 1. The van der Waals surface area contributed by atoms with E-state index in [9.17, 15) is 9.59 Å². The Morgan fingerprint density at radius 3 is 2.62 bits per heavy atom. The van der Waals surface area contributed by atoms with Gasteiger partial charge in [0.05, 0.1) is 0 Å². The van der Waals surface area contributed by atoms with Crippen LogP contribution in [0, 0.1) is 0 Å². The zero-order valence-electron chi connectivity index (χ0n) is 16.4. The maximum Gasteiger partial charge on any atom is 0.410 e. The van der Waals surface area contributed by atoms with Crippen molar-refractivity contribution in [2.24, 2.45) is 0 Å². The maximum atomic E-state index is 11.9. The van der Waals surface area contributed by atoms with Gasteiger partial charge in [0.2, 0.25) is 0 Å². The Kier molecular flexibility index (Phi) is 7.48. The van der Waals surface area contributed by atoms with Crippen LogP contribution in [-0.4, -0.2) is 73.3 Å². The van der Waals surface area contributed by atoms with Gasteiger partial charge in [-0.05, 0) is 25.1 Å². The van der Waals surface area contributed by atoms with E-state index in [1.807, 2.05) is 30.3 Å². The van der Waals surface area contributed by atoms with Gasteiger partial charge < -0.3 is 19.5 Å². The van der Waals surface area contributed by atoms with Gasteiger partial charge >= 0.3 is 6.09 Å². The summed E-state index contributed by atoms with van der Waals surface area (Å²) in [5.41, 5.74) is 1.78. The third-order valence-electron chi connectivity index (χ3n) is 4.83. The minimum Gasteiger partial charge on any atom is -0.439 e. The molecular formula is C20H25ClN4O4. The summed E-state index contributed by atoms with van der Waals surface area (Å²) in [4.78, 5) is 27.0. The first-order valence-electron chi connectivity index (χ1n) is 9.61. The Labute approximate surface area is 174 Å². The van der Waals surface area contributed by atoms with Gasteiger partial charge in [0.25, 0.3) is 5.91 Å². The van der Waals surface area contributed by atoms with Crippen LogP contribution in [0.25, 0.3) is 11.3 Å². The average molecular weight is 421 g/mol. The Morgan fingerprint density at radius 1 is 1.21 bits per heavy atom. The SMILES string of the molecule is CNC(=O)COC(=O)N1CCN(CCCc2cc(-c3ccc(Cl)cc3)no2)CC1. The molecule has 1 N–H and O–H groups in total. The molecule has 0 aliphatic carbocycles. The highest BCUT2D eigenvalue weighted by molar-refractivity contribution is 6.30. The Bertz CT molecular complexity index is 816. The maximum absolute atomic E-state index is 11.9. The van der Waals surface area contributed by atoms with Crippen LogP contribution in [0.2, 0.25) is 5.02 Å². The lowest BCUT2D eigenvalue weighted by Crippen LogP contribution is -2.49. The number of nitrogens with one attached hydrogen (secondary N) is 1. The molecule has 29 heavy (non-hydrogen) atoms. The normalized spacial score (nSPS) is 14.6. The Morgan fingerprint density at radius 2 is 1.93 bits per heavy atom. The molecule has 8 nitrogen and oxygen atoms in total. The molecular weight excluding hydrogens is 396 g/mol. The number of likely N-dealkylation sites (N-methyl/N-ethyl adjacent to an activating group) is 1. The molecule has 3 rings (SSSR count). The van der Waals surface area contributed by atoms with Crippen LogP contribution < -0.4 is 5.32 Å². The van der Waals surface area contributed by atoms with E-state index in [-0.39, 0.29) is 12.5 Å². The van der Waals surface area contributed by atoms with Crippen LogP contribution in [0.5, 0.6) is 0 Å². The van der Waals surface area contributed by atoms with E-state index in [1.54, 1.807) is 4.90 Å². The third kappa shape index (κ3) is 6.20. The number of aryl methyl sites for hydroxylation is 1. The highest BCUT2D eigenvalue weighted by Crippen LogP contribution is 2.21. The van der Waals surface area contributed by atoms with Gasteiger partial charge in [0.15, 0.2) is 6.61 Å². The van der Waals surface area contributed by atoms with E-state index in [4.69, 9.17) is 20.9 Å². The van der Waals surface area contributed by atoms with E-state index < -0.39 is 6.09 Å². The predicted molar refractivity (Wildman–Crippen MR) is 109 cm³/mol. The monoisotopic (exact) mass is 420 g/mol.